The van der Waals surface area contributed by atoms with Crippen LogP contribution in [0.2, 0.25) is 0 Å². The summed E-state index contributed by atoms with van der Waals surface area (Å²) in [6, 6.07) is 6.99. The Balaban J connectivity index is 2.50. The molecule has 2 aliphatic heterocycles. The van der Waals surface area contributed by atoms with Crippen LogP contribution in [0.3, 0.4) is 0 Å². The Morgan fingerprint density at radius 2 is 1.23 bits per heavy atom. The number of rotatable bonds is 4. The molecule has 0 unspecified atom stereocenters. The number of hydrogen-bond acceptors (Lipinski definition) is 10. The molecule has 0 aromatic heterocycles. The van der Waals surface area contributed by atoms with Gasteiger partial charge in [0, 0.05) is 7.05 Å². The van der Waals surface area contributed by atoms with Crippen LogP contribution in [0, 0.1) is 0 Å². The first-order valence-corrected chi connectivity index (χ1v) is 8.77. The number of ether oxygens (including phenoxy) is 4. The van der Waals surface area contributed by atoms with Crippen molar-refractivity contribution in [1.82, 2.24) is 0 Å². The first-order chi connectivity index (χ1) is 14.3. The normalized spacial score (nSPS) is 17.3. The number of methoxy groups -OCH3 is 4. The summed E-state index contributed by atoms with van der Waals surface area (Å²) in [6.45, 7) is 0. The van der Waals surface area contributed by atoms with E-state index in [4.69, 9.17) is 18.9 Å². The van der Waals surface area contributed by atoms with Gasteiger partial charge in [0.15, 0.2) is 0 Å². The van der Waals surface area contributed by atoms with Gasteiger partial charge in [-0.05, 0) is 12.1 Å². The molecule has 0 aliphatic carbocycles. The molecule has 0 fully saturated rings. The Morgan fingerprint density at radius 1 is 0.733 bits per heavy atom. The predicted molar refractivity (Wildman–Crippen MR) is 103 cm³/mol. The van der Waals surface area contributed by atoms with Gasteiger partial charge in [0.05, 0.1) is 51.0 Å². The van der Waals surface area contributed by atoms with Gasteiger partial charge in [0.25, 0.3) is 0 Å². The van der Waals surface area contributed by atoms with Crippen molar-refractivity contribution in [2.24, 2.45) is 0 Å². The Morgan fingerprint density at radius 3 is 1.77 bits per heavy atom. The molecule has 0 saturated carbocycles. The lowest BCUT2D eigenvalue weighted by molar-refractivity contribution is -0.142. The lowest BCUT2D eigenvalue weighted by atomic mass is 9.90. The van der Waals surface area contributed by atoms with Gasteiger partial charge in [-0.2, -0.15) is 0 Å². The summed E-state index contributed by atoms with van der Waals surface area (Å²) in [7, 11) is 6.15. The molecule has 0 amide bonds. The average Bonchev–Trinajstić information content (AvgIpc) is 3.07. The number of benzene rings is 1. The van der Waals surface area contributed by atoms with E-state index < -0.39 is 41.2 Å². The zero-order valence-electron chi connectivity index (χ0n) is 17.0. The molecule has 0 radical (unpaired) electrons. The highest BCUT2D eigenvalue weighted by Gasteiger charge is 2.52. The topological polar surface area (TPSA) is 112 Å². The smallest absolute Gasteiger partial charge is 0.355 e. The van der Waals surface area contributed by atoms with Gasteiger partial charge in [0.1, 0.15) is 17.4 Å². The van der Waals surface area contributed by atoms with E-state index in [9.17, 15) is 19.2 Å². The number of carbonyl (C=O) groups excluding carboxylic acids is 4. The Labute approximate surface area is 172 Å². The summed E-state index contributed by atoms with van der Waals surface area (Å²) in [6.07, 6.45) is -0.966. The SMILES string of the molecule is COC(=O)C1=C(C(=O)OC)[C@H]2N(C)c3ccccc3N2C(C(=O)OC)=C1C(=O)OC. The van der Waals surface area contributed by atoms with Gasteiger partial charge in [0.2, 0.25) is 0 Å². The van der Waals surface area contributed by atoms with Crippen LogP contribution in [0.4, 0.5) is 11.4 Å². The van der Waals surface area contributed by atoms with Gasteiger partial charge in [-0.1, -0.05) is 12.1 Å². The van der Waals surface area contributed by atoms with Gasteiger partial charge in [-0.25, -0.2) is 19.2 Å². The first-order valence-electron chi connectivity index (χ1n) is 8.77. The third-order valence-electron chi connectivity index (χ3n) is 4.95. The van der Waals surface area contributed by atoms with Gasteiger partial charge < -0.3 is 28.7 Å². The Hall–Kier alpha value is -3.82. The number of esters is 4. The summed E-state index contributed by atoms with van der Waals surface area (Å²) < 4.78 is 19.5. The van der Waals surface area contributed by atoms with Crippen molar-refractivity contribution < 1.29 is 38.1 Å². The van der Waals surface area contributed by atoms with Crippen LogP contribution in [-0.2, 0) is 38.1 Å². The van der Waals surface area contributed by atoms with E-state index in [1.165, 1.54) is 4.90 Å². The lowest BCUT2D eigenvalue weighted by Gasteiger charge is -2.37. The largest absolute Gasteiger partial charge is 0.466 e. The van der Waals surface area contributed by atoms with E-state index in [0.29, 0.717) is 11.4 Å². The summed E-state index contributed by atoms with van der Waals surface area (Å²) in [5.74, 6) is -3.77. The van der Waals surface area contributed by atoms with Crippen molar-refractivity contribution in [2.45, 2.75) is 6.17 Å². The molecule has 0 N–H and O–H groups in total. The Kier molecular flexibility index (Phi) is 5.50. The number of likely N-dealkylation sites (N-methyl/N-ethyl adjacent to an activating group) is 1. The molecule has 158 valence electrons. The van der Waals surface area contributed by atoms with Gasteiger partial charge in [-0.3, -0.25) is 0 Å². The van der Waals surface area contributed by atoms with Crippen molar-refractivity contribution in [3.05, 3.63) is 46.7 Å². The Bertz CT molecular complexity index is 1010. The lowest BCUT2D eigenvalue weighted by Crippen LogP contribution is -2.51. The fraction of sp³-hybridized carbons (Fsp3) is 0.300. The van der Waals surface area contributed by atoms with E-state index in [0.717, 1.165) is 28.4 Å². The van der Waals surface area contributed by atoms with Crippen LogP contribution in [-0.4, -0.2) is 65.5 Å². The zero-order chi connectivity index (χ0) is 22.2. The molecule has 10 heteroatoms. The van der Waals surface area contributed by atoms with E-state index in [-0.39, 0.29) is 11.3 Å². The highest BCUT2D eigenvalue weighted by atomic mass is 16.5. The van der Waals surface area contributed by atoms with Crippen LogP contribution in [0.1, 0.15) is 0 Å². The van der Waals surface area contributed by atoms with Gasteiger partial charge >= 0.3 is 23.9 Å². The van der Waals surface area contributed by atoms with Crippen LogP contribution < -0.4 is 9.80 Å². The van der Waals surface area contributed by atoms with Crippen LogP contribution in [0.5, 0.6) is 0 Å². The summed E-state index contributed by atoms with van der Waals surface area (Å²) >= 11 is 0. The monoisotopic (exact) mass is 416 g/mol. The molecule has 3 rings (SSSR count). The van der Waals surface area contributed by atoms with Crippen molar-refractivity contribution in [3.8, 4) is 0 Å². The number of fused-ring (bicyclic) bond motifs is 3. The molecule has 0 bridgehead atoms. The minimum Gasteiger partial charge on any atom is -0.466 e. The average molecular weight is 416 g/mol. The maximum atomic E-state index is 12.8. The number of nitrogens with zero attached hydrogens (tertiary/aromatic N) is 2. The molecule has 2 heterocycles. The molecule has 0 saturated heterocycles. The number of para-hydroxylation sites is 2. The molecule has 1 aromatic rings. The molecule has 0 spiro atoms. The molecule has 10 nitrogen and oxygen atoms in total. The van der Waals surface area contributed by atoms with E-state index in [1.807, 2.05) is 0 Å². The molecule has 1 atom stereocenters. The third-order valence-corrected chi connectivity index (χ3v) is 4.95. The number of anilines is 2. The predicted octanol–water partition coefficient (Wildman–Crippen LogP) is 0.525. The minimum absolute atomic E-state index is 0.170. The second-order valence-corrected chi connectivity index (χ2v) is 6.32. The maximum Gasteiger partial charge on any atom is 0.355 e. The van der Waals surface area contributed by atoms with Crippen molar-refractivity contribution >= 4 is 35.3 Å². The maximum absolute atomic E-state index is 12.8. The minimum atomic E-state index is -1.01. The highest BCUT2D eigenvalue weighted by molar-refractivity contribution is 6.19. The van der Waals surface area contributed by atoms with Crippen LogP contribution >= 0.6 is 0 Å². The molecular weight excluding hydrogens is 396 g/mol. The summed E-state index contributed by atoms with van der Waals surface area (Å²) in [4.78, 5) is 54.2. The number of carbonyl (C=O) groups is 4. The summed E-state index contributed by atoms with van der Waals surface area (Å²) in [5.41, 5.74) is -0.108. The quantitative estimate of drug-likeness (QED) is 0.509. The fourth-order valence-corrected chi connectivity index (χ4v) is 3.70. The van der Waals surface area contributed by atoms with E-state index in [2.05, 4.69) is 0 Å². The van der Waals surface area contributed by atoms with Crippen LogP contribution in [0.25, 0.3) is 0 Å². The highest BCUT2D eigenvalue weighted by Crippen LogP contribution is 2.48. The third kappa shape index (κ3) is 2.88. The van der Waals surface area contributed by atoms with Crippen LogP contribution in [0.15, 0.2) is 46.7 Å². The van der Waals surface area contributed by atoms with Gasteiger partial charge in [-0.15, -0.1) is 0 Å². The second-order valence-electron chi connectivity index (χ2n) is 6.32. The first kappa shape index (κ1) is 20.9. The summed E-state index contributed by atoms with van der Waals surface area (Å²) in [5, 5.41) is 0. The molecule has 1 aromatic carbocycles. The zero-order valence-corrected chi connectivity index (χ0v) is 17.0. The number of hydrogen-bond donors (Lipinski definition) is 0. The van der Waals surface area contributed by atoms with Crippen molar-refractivity contribution in [2.75, 3.05) is 45.3 Å². The van der Waals surface area contributed by atoms with Crippen molar-refractivity contribution in [1.29, 1.82) is 0 Å². The van der Waals surface area contributed by atoms with E-state index >= 15 is 0 Å². The molecule has 2 aliphatic rings. The second kappa shape index (κ2) is 7.90. The van der Waals surface area contributed by atoms with Crippen molar-refractivity contribution in [3.63, 3.8) is 0 Å². The standard InChI is InChI=1S/C20H20N2O8/c1-21-10-8-6-7-9-11(10)22-15(20(26)30-5)13(18(24)28-3)12(17(23)27-2)14(16(21)22)19(25)29-4/h6-9,16H,1-5H3/t16-/m0/s1. The molecular formula is C20H20N2O8. The fourth-order valence-electron chi connectivity index (χ4n) is 3.70. The van der Waals surface area contributed by atoms with E-state index in [1.54, 1.807) is 36.2 Å². The molecule has 30 heavy (non-hydrogen) atoms.